The van der Waals surface area contributed by atoms with Crippen LogP contribution in [-0.4, -0.2) is 23.5 Å². The van der Waals surface area contributed by atoms with Gasteiger partial charge in [-0.05, 0) is 24.0 Å². The van der Waals surface area contributed by atoms with Gasteiger partial charge in [-0.3, -0.25) is 9.59 Å². The lowest BCUT2D eigenvalue weighted by Gasteiger charge is -2.16. The summed E-state index contributed by atoms with van der Waals surface area (Å²) in [5, 5.41) is 12.3. The quantitative estimate of drug-likeness (QED) is 0.813. The van der Waals surface area contributed by atoms with Crippen LogP contribution in [0.1, 0.15) is 25.8 Å². The number of hydrogen-bond donors (Lipinski definition) is 2. The van der Waals surface area contributed by atoms with Gasteiger partial charge < -0.3 is 10.4 Å². The first kappa shape index (κ1) is 16.5. The standard InChI is InChI=1S/C15H20ClNO3/c1-10(2)12(15(19)20)9-17-14(18)8-7-11-5-3-4-6-13(11)16/h3-6,10,12H,7-9H2,1-2H3,(H,17,18)(H,19,20). The van der Waals surface area contributed by atoms with Gasteiger partial charge in [-0.25, -0.2) is 0 Å². The zero-order valence-corrected chi connectivity index (χ0v) is 12.5. The first-order valence-corrected chi connectivity index (χ1v) is 7.02. The fourth-order valence-electron chi connectivity index (χ4n) is 1.87. The Bertz CT molecular complexity index is 474. The van der Waals surface area contributed by atoms with Crippen molar-refractivity contribution in [3.8, 4) is 0 Å². The van der Waals surface area contributed by atoms with E-state index in [-0.39, 0.29) is 18.4 Å². The number of aliphatic carboxylic acids is 1. The molecule has 0 saturated heterocycles. The molecule has 1 aromatic carbocycles. The van der Waals surface area contributed by atoms with Crippen LogP contribution in [0.4, 0.5) is 0 Å². The molecule has 5 heteroatoms. The van der Waals surface area contributed by atoms with Gasteiger partial charge in [0.1, 0.15) is 0 Å². The molecule has 110 valence electrons. The van der Waals surface area contributed by atoms with Crippen molar-refractivity contribution in [1.82, 2.24) is 5.32 Å². The molecule has 2 N–H and O–H groups in total. The van der Waals surface area contributed by atoms with Crippen LogP contribution in [0.25, 0.3) is 0 Å². The van der Waals surface area contributed by atoms with E-state index in [4.69, 9.17) is 16.7 Å². The minimum atomic E-state index is -0.883. The Morgan fingerprint density at radius 2 is 1.95 bits per heavy atom. The summed E-state index contributed by atoms with van der Waals surface area (Å²) >= 11 is 6.01. The van der Waals surface area contributed by atoms with E-state index in [2.05, 4.69) is 5.32 Å². The van der Waals surface area contributed by atoms with Gasteiger partial charge in [0, 0.05) is 18.0 Å². The Kier molecular flexibility index (Phi) is 6.52. The molecule has 20 heavy (non-hydrogen) atoms. The number of amides is 1. The number of aryl methyl sites for hydroxylation is 1. The molecule has 1 amide bonds. The monoisotopic (exact) mass is 297 g/mol. The van der Waals surface area contributed by atoms with Crippen LogP contribution in [0.5, 0.6) is 0 Å². The summed E-state index contributed by atoms with van der Waals surface area (Å²) in [5.74, 6) is -1.61. The number of carbonyl (C=O) groups is 2. The van der Waals surface area contributed by atoms with E-state index in [1.54, 1.807) is 6.07 Å². The number of benzene rings is 1. The topological polar surface area (TPSA) is 66.4 Å². The molecule has 4 nitrogen and oxygen atoms in total. The van der Waals surface area contributed by atoms with Gasteiger partial charge in [-0.15, -0.1) is 0 Å². The van der Waals surface area contributed by atoms with Gasteiger partial charge in [0.15, 0.2) is 0 Å². The molecule has 1 rings (SSSR count). The second kappa shape index (κ2) is 7.90. The van der Waals surface area contributed by atoms with Gasteiger partial charge in [0.05, 0.1) is 5.92 Å². The van der Waals surface area contributed by atoms with Crippen LogP contribution < -0.4 is 5.32 Å². The SMILES string of the molecule is CC(C)C(CNC(=O)CCc1ccccc1Cl)C(=O)O. The Morgan fingerprint density at radius 1 is 1.30 bits per heavy atom. The number of carboxylic acids is 1. The number of carbonyl (C=O) groups excluding carboxylic acids is 1. The number of carboxylic acid groups (broad SMARTS) is 1. The Hall–Kier alpha value is -1.55. The van der Waals surface area contributed by atoms with Crippen LogP contribution >= 0.6 is 11.6 Å². The highest BCUT2D eigenvalue weighted by atomic mass is 35.5. The van der Waals surface area contributed by atoms with E-state index in [9.17, 15) is 9.59 Å². The second-order valence-corrected chi connectivity index (χ2v) is 5.49. The lowest BCUT2D eigenvalue weighted by atomic mass is 9.96. The molecule has 0 aliphatic heterocycles. The van der Waals surface area contributed by atoms with Gasteiger partial charge in [0.25, 0.3) is 0 Å². The normalized spacial score (nSPS) is 12.2. The number of hydrogen-bond acceptors (Lipinski definition) is 2. The van der Waals surface area contributed by atoms with Crippen molar-refractivity contribution in [1.29, 1.82) is 0 Å². The summed E-state index contributed by atoms with van der Waals surface area (Å²) in [6.45, 7) is 3.82. The molecule has 1 unspecified atom stereocenters. The maximum Gasteiger partial charge on any atom is 0.308 e. The van der Waals surface area contributed by atoms with Crippen molar-refractivity contribution in [2.24, 2.45) is 11.8 Å². The predicted molar refractivity (Wildman–Crippen MR) is 78.7 cm³/mol. The van der Waals surface area contributed by atoms with Crippen molar-refractivity contribution in [2.45, 2.75) is 26.7 Å². The summed E-state index contributed by atoms with van der Waals surface area (Å²) in [4.78, 5) is 22.7. The highest BCUT2D eigenvalue weighted by Crippen LogP contribution is 2.16. The van der Waals surface area contributed by atoms with E-state index < -0.39 is 11.9 Å². The number of halogens is 1. The molecule has 0 fully saturated rings. The molecule has 0 spiro atoms. The molecule has 1 aromatic rings. The van der Waals surface area contributed by atoms with Crippen LogP contribution in [0.15, 0.2) is 24.3 Å². The molecule has 0 aliphatic rings. The fourth-order valence-corrected chi connectivity index (χ4v) is 2.10. The van der Waals surface area contributed by atoms with E-state index in [1.807, 2.05) is 32.0 Å². The average molecular weight is 298 g/mol. The fraction of sp³-hybridized carbons (Fsp3) is 0.467. The maximum atomic E-state index is 11.7. The zero-order chi connectivity index (χ0) is 15.1. The second-order valence-electron chi connectivity index (χ2n) is 5.08. The Labute approximate surface area is 124 Å². The number of nitrogens with one attached hydrogen (secondary N) is 1. The largest absolute Gasteiger partial charge is 0.481 e. The van der Waals surface area contributed by atoms with Gasteiger partial charge in [-0.2, -0.15) is 0 Å². The third-order valence-electron chi connectivity index (χ3n) is 3.22. The average Bonchev–Trinajstić information content (AvgIpc) is 2.37. The molecule has 1 atom stereocenters. The lowest BCUT2D eigenvalue weighted by Crippen LogP contribution is -2.35. The Balaban J connectivity index is 2.41. The molecule has 0 saturated carbocycles. The van der Waals surface area contributed by atoms with Crippen LogP contribution in [0.2, 0.25) is 5.02 Å². The first-order chi connectivity index (χ1) is 9.41. The summed E-state index contributed by atoms with van der Waals surface area (Å²) in [5.41, 5.74) is 0.919. The molecule has 0 bridgehead atoms. The van der Waals surface area contributed by atoms with Crippen LogP contribution in [-0.2, 0) is 16.0 Å². The summed E-state index contributed by atoms with van der Waals surface area (Å²) in [6.07, 6.45) is 0.846. The van der Waals surface area contributed by atoms with Crippen molar-refractivity contribution < 1.29 is 14.7 Å². The highest BCUT2D eigenvalue weighted by molar-refractivity contribution is 6.31. The van der Waals surface area contributed by atoms with E-state index in [0.29, 0.717) is 17.9 Å². The van der Waals surface area contributed by atoms with Crippen molar-refractivity contribution in [2.75, 3.05) is 6.54 Å². The van der Waals surface area contributed by atoms with E-state index in [0.717, 1.165) is 5.56 Å². The van der Waals surface area contributed by atoms with E-state index >= 15 is 0 Å². The van der Waals surface area contributed by atoms with Gasteiger partial charge in [-0.1, -0.05) is 43.6 Å². The molecular weight excluding hydrogens is 278 g/mol. The molecule has 0 aromatic heterocycles. The lowest BCUT2D eigenvalue weighted by molar-refractivity contribution is -0.143. The van der Waals surface area contributed by atoms with Crippen molar-refractivity contribution >= 4 is 23.5 Å². The van der Waals surface area contributed by atoms with Gasteiger partial charge in [0.2, 0.25) is 5.91 Å². The zero-order valence-electron chi connectivity index (χ0n) is 11.7. The molecular formula is C15H20ClNO3. The first-order valence-electron chi connectivity index (χ1n) is 6.64. The highest BCUT2D eigenvalue weighted by Gasteiger charge is 2.21. The Morgan fingerprint density at radius 3 is 2.50 bits per heavy atom. The maximum absolute atomic E-state index is 11.7. The summed E-state index contributed by atoms with van der Waals surface area (Å²) in [7, 11) is 0. The summed E-state index contributed by atoms with van der Waals surface area (Å²) < 4.78 is 0. The molecule has 0 radical (unpaired) electrons. The third-order valence-corrected chi connectivity index (χ3v) is 3.59. The van der Waals surface area contributed by atoms with Crippen LogP contribution in [0.3, 0.4) is 0 Å². The minimum absolute atomic E-state index is 0.0173. The van der Waals surface area contributed by atoms with Gasteiger partial charge >= 0.3 is 5.97 Å². The van der Waals surface area contributed by atoms with Crippen molar-refractivity contribution in [3.05, 3.63) is 34.9 Å². The third kappa shape index (κ3) is 5.21. The molecule has 0 heterocycles. The minimum Gasteiger partial charge on any atom is -0.481 e. The molecule has 0 aliphatic carbocycles. The smallest absolute Gasteiger partial charge is 0.308 e. The van der Waals surface area contributed by atoms with Crippen molar-refractivity contribution in [3.63, 3.8) is 0 Å². The summed E-state index contributed by atoms with van der Waals surface area (Å²) in [6, 6.07) is 7.38. The number of rotatable bonds is 7. The van der Waals surface area contributed by atoms with Crippen LogP contribution in [0, 0.1) is 11.8 Å². The van der Waals surface area contributed by atoms with E-state index in [1.165, 1.54) is 0 Å². The predicted octanol–water partition coefficient (Wildman–Crippen LogP) is 2.75.